The number of rotatable bonds is 2. The number of piperidine rings is 1. The minimum atomic E-state index is 0.0762. The average Bonchev–Trinajstić information content (AvgIpc) is 2.80. The Morgan fingerprint density at radius 3 is 2.71 bits per heavy atom. The number of nitrogens with zero attached hydrogens (tertiary/aromatic N) is 1. The van der Waals surface area contributed by atoms with E-state index in [1.807, 2.05) is 17.9 Å². The Morgan fingerprint density at radius 2 is 2.10 bits per heavy atom. The van der Waals surface area contributed by atoms with Gasteiger partial charge in [0.2, 0.25) is 0 Å². The molecule has 1 saturated heterocycles. The van der Waals surface area contributed by atoms with E-state index in [-0.39, 0.29) is 12.5 Å². The lowest BCUT2D eigenvalue weighted by molar-refractivity contribution is 0.0635. The molecule has 0 radical (unpaired) electrons. The topological polar surface area (TPSA) is 40.5 Å². The second-order valence-corrected chi connectivity index (χ2v) is 7.41. The minimum absolute atomic E-state index is 0.0762. The molecule has 1 aromatic rings. The SMILES string of the molecule is Cc1cc(C(=O)N2CCC(C)(C)CC2)sc1C#CCCO. The van der Waals surface area contributed by atoms with Crippen molar-refractivity contribution in [3.05, 3.63) is 21.4 Å². The van der Waals surface area contributed by atoms with E-state index in [2.05, 4.69) is 25.7 Å². The molecule has 21 heavy (non-hydrogen) atoms. The van der Waals surface area contributed by atoms with Crippen LogP contribution in [0.25, 0.3) is 0 Å². The van der Waals surface area contributed by atoms with Gasteiger partial charge in [0, 0.05) is 19.5 Å². The number of carbonyl (C=O) groups excluding carboxylic acids is 1. The molecule has 0 aromatic carbocycles. The van der Waals surface area contributed by atoms with Crippen LogP contribution in [0.4, 0.5) is 0 Å². The highest BCUT2D eigenvalue weighted by molar-refractivity contribution is 7.14. The minimum Gasteiger partial charge on any atom is -0.395 e. The molecule has 1 aromatic heterocycles. The molecule has 0 spiro atoms. The van der Waals surface area contributed by atoms with Gasteiger partial charge in [-0.25, -0.2) is 0 Å². The molecule has 114 valence electrons. The largest absolute Gasteiger partial charge is 0.395 e. The van der Waals surface area contributed by atoms with Gasteiger partial charge < -0.3 is 10.0 Å². The van der Waals surface area contributed by atoms with E-state index in [9.17, 15) is 4.79 Å². The van der Waals surface area contributed by atoms with Gasteiger partial charge in [-0.15, -0.1) is 11.3 Å². The van der Waals surface area contributed by atoms with Gasteiger partial charge in [0.05, 0.1) is 16.4 Å². The van der Waals surface area contributed by atoms with Gasteiger partial charge in [-0.1, -0.05) is 25.7 Å². The summed E-state index contributed by atoms with van der Waals surface area (Å²) in [5.74, 6) is 6.10. The molecule has 0 aliphatic carbocycles. The zero-order chi connectivity index (χ0) is 15.5. The Kier molecular flexibility index (Phi) is 5.08. The third-order valence-electron chi connectivity index (χ3n) is 3.97. The van der Waals surface area contributed by atoms with E-state index >= 15 is 0 Å². The lowest BCUT2D eigenvalue weighted by Crippen LogP contribution is -2.40. The van der Waals surface area contributed by atoms with Gasteiger partial charge >= 0.3 is 0 Å². The molecule has 2 heterocycles. The first-order valence-corrected chi connectivity index (χ1v) is 8.24. The maximum Gasteiger partial charge on any atom is 0.263 e. The van der Waals surface area contributed by atoms with Crippen molar-refractivity contribution in [1.82, 2.24) is 4.90 Å². The Balaban J connectivity index is 2.07. The molecular formula is C17H23NO2S. The van der Waals surface area contributed by atoms with Crippen LogP contribution in [0, 0.1) is 24.2 Å². The summed E-state index contributed by atoms with van der Waals surface area (Å²) >= 11 is 1.47. The molecule has 0 atom stereocenters. The summed E-state index contributed by atoms with van der Waals surface area (Å²) in [5, 5.41) is 8.76. The molecule has 1 fully saturated rings. The monoisotopic (exact) mass is 305 g/mol. The number of likely N-dealkylation sites (tertiary alicyclic amines) is 1. The summed E-state index contributed by atoms with van der Waals surface area (Å²) < 4.78 is 0. The van der Waals surface area contributed by atoms with Crippen molar-refractivity contribution in [1.29, 1.82) is 0 Å². The molecule has 0 unspecified atom stereocenters. The number of aryl methyl sites for hydroxylation is 1. The average molecular weight is 305 g/mol. The van der Waals surface area contributed by atoms with Crippen molar-refractivity contribution in [2.24, 2.45) is 5.41 Å². The maximum absolute atomic E-state index is 12.6. The van der Waals surface area contributed by atoms with Gasteiger partial charge in [-0.2, -0.15) is 0 Å². The smallest absolute Gasteiger partial charge is 0.263 e. The highest BCUT2D eigenvalue weighted by Gasteiger charge is 2.29. The fourth-order valence-corrected chi connectivity index (χ4v) is 3.40. The second-order valence-electron chi connectivity index (χ2n) is 6.35. The van der Waals surface area contributed by atoms with E-state index in [0.717, 1.165) is 41.2 Å². The van der Waals surface area contributed by atoms with Crippen LogP contribution in [-0.4, -0.2) is 35.6 Å². The van der Waals surface area contributed by atoms with E-state index in [1.54, 1.807) is 0 Å². The van der Waals surface area contributed by atoms with Crippen LogP contribution in [-0.2, 0) is 0 Å². The third-order valence-corrected chi connectivity index (χ3v) is 5.11. The lowest BCUT2D eigenvalue weighted by atomic mass is 9.82. The maximum atomic E-state index is 12.6. The first-order valence-electron chi connectivity index (χ1n) is 7.42. The molecule has 1 aliphatic heterocycles. The summed E-state index contributed by atoms with van der Waals surface area (Å²) in [6.45, 7) is 8.27. The summed E-state index contributed by atoms with van der Waals surface area (Å²) in [5.41, 5.74) is 1.40. The molecule has 0 bridgehead atoms. The Hall–Kier alpha value is -1.31. The zero-order valence-corrected chi connectivity index (χ0v) is 13.8. The van der Waals surface area contributed by atoms with Crippen LogP contribution in [0.5, 0.6) is 0 Å². The van der Waals surface area contributed by atoms with Crippen LogP contribution in [0.3, 0.4) is 0 Å². The van der Waals surface area contributed by atoms with Crippen LogP contribution < -0.4 is 0 Å². The molecule has 1 amide bonds. The van der Waals surface area contributed by atoms with Crippen molar-refractivity contribution in [3.8, 4) is 11.8 Å². The molecule has 0 saturated carbocycles. The van der Waals surface area contributed by atoms with Gasteiger partial charge in [0.25, 0.3) is 5.91 Å². The number of hydrogen-bond acceptors (Lipinski definition) is 3. The first kappa shape index (κ1) is 16.1. The Bertz CT molecular complexity index is 567. The number of aliphatic hydroxyl groups excluding tert-OH is 1. The first-order chi connectivity index (χ1) is 9.93. The van der Waals surface area contributed by atoms with Gasteiger partial charge in [0.1, 0.15) is 0 Å². The van der Waals surface area contributed by atoms with Gasteiger partial charge in [-0.05, 0) is 36.8 Å². The van der Waals surface area contributed by atoms with E-state index in [1.165, 1.54) is 11.3 Å². The second kappa shape index (κ2) is 6.64. The lowest BCUT2D eigenvalue weighted by Gasteiger charge is -2.36. The molecule has 1 N–H and O–H groups in total. The van der Waals surface area contributed by atoms with Gasteiger partial charge in [0.15, 0.2) is 0 Å². The highest BCUT2D eigenvalue weighted by Crippen LogP contribution is 2.31. The van der Waals surface area contributed by atoms with Crippen molar-refractivity contribution >= 4 is 17.2 Å². The van der Waals surface area contributed by atoms with E-state index in [4.69, 9.17) is 5.11 Å². The van der Waals surface area contributed by atoms with E-state index < -0.39 is 0 Å². The number of carbonyl (C=O) groups is 1. The van der Waals surface area contributed by atoms with Crippen molar-refractivity contribution in [2.75, 3.05) is 19.7 Å². The summed E-state index contributed by atoms with van der Waals surface area (Å²) in [6.07, 6.45) is 2.60. The van der Waals surface area contributed by atoms with Crippen molar-refractivity contribution in [3.63, 3.8) is 0 Å². The third kappa shape index (κ3) is 4.09. The molecule has 2 rings (SSSR count). The molecule has 1 aliphatic rings. The van der Waals surface area contributed by atoms with Crippen LogP contribution in [0.1, 0.15) is 53.2 Å². The van der Waals surface area contributed by atoms with Crippen molar-refractivity contribution < 1.29 is 9.90 Å². The zero-order valence-electron chi connectivity index (χ0n) is 13.0. The quantitative estimate of drug-likeness (QED) is 0.853. The predicted octanol–water partition coefficient (Wildman–Crippen LogP) is 3.05. The Morgan fingerprint density at radius 1 is 1.43 bits per heavy atom. The number of thiophene rings is 1. The Labute approximate surface area is 131 Å². The van der Waals surface area contributed by atoms with E-state index in [0.29, 0.717) is 11.8 Å². The van der Waals surface area contributed by atoms with Gasteiger partial charge in [-0.3, -0.25) is 4.79 Å². The number of aliphatic hydroxyl groups is 1. The van der Waals surface area contributed by atoms with Crippen LogP contribution in [0.15, 0.2) is 6.07 Å². The predicted molar refractivity (Wildman–Crippen MR) is 86.6 cm³/mol. The van der Waals surface area contributed by atoms with Crippen LogP contribution >= 0.6 is 11.3 Å². The number of hydrogen-bond donors (Lipinski definition) is 1. The highest BCUT2D eigenvalue weighted by atomic mass is 32.1. The van der Waals surface area contributed by atoms with Crippen LogP contribution in [0.2, 0.25) is 0 Å². The number of amides is 1. The standard InChI is InChI=1S/C17H23NO2S/c1-13-12-15(21-14(13)6-4-5-11-19)16(20)18-9-7-17(2,3)8-10-18/h12,19H,5,7-11H2,1-3H3. The van der Waals surface area contributed by atoms with Crippen molar-refractivity contribution in [2.45, 2.75) is 40.0 Å². The molecule has 3 nitrogen and oxygen atoms in total. The molecular weight excluding hydrogens is 282 g/mol. The summed E-state index contributed by atoms with van der Waals surface area (Å²) in [6, 6.07) is 1.94. The summed E-state index contributed by atoms with van der Waals surface area (Å²) in [7, 11) is 0. The molecule has 4 heteroatoms. The fourth-order valence-electron chi connectivity index (χ4n) is 2.38. The summed E-state index contributed by atoms with van der Waals surface area (Å²) in [4.78, 5) is 16.2. The normalized spacial score (nSPS) is 17.2. The fraction of sp³-hybridized carbons (Fsp3) is 0.588.